The fraction of sp³-hybridized carbons (Fsp3) is 0.520. The van der Waals surface area contributed by atoms with Crippen molar-refractivity contribution in [1.29, 1.82) is 0 Å². The van der Waals surface area contributed by atoms with E-state index < -0.39 is 6.04 Å². The Bertz CT molecular complexity index is 898. The summed E-state index contributed by atoms with van der Waals surface area (Å²) in [7, 11) is 1.58. The van der Waals surface area contributed by atoms with E-state index in [1.807, 2.05) is 38.1 Å². The quantitative estimate of drug-likeness (QED) is 0.455. The van der Waals surface area contributed by atoms with Gasteiger partial charge in [-0.1, -0.05) is 24.3 Å². The van der Waals surface area contributed by atoms with E-state index in [2.05, 4.69) is 5.32 Å². The summed E-state index contributed by atoms with van der Waals surface area (Å²) in [6.45, 7) is 5.66. The van der Waals surface area contributed by atoms with Gasteiger partial charge in [0.25, 0.3) is 0 Å². The molecule has 0 spiro atoms. The van der Waals surface area contributed by atoms with Crippen LogP contribution in [0.15, 0.2) is 36.4 Å². The summed E-state index contributed by atoms with van der Waals surface area (Å²) in [6.07, 6.45) is 4.98. The molecule has 1 N–H and O–H groups in total. The van der Waals surface area contributed by atoms with Crippen molar-refractivity contribution < 1.29 is 23.9 Å². The lowest BCUT2D eigenvalue weighted by Crippen LogP contribution is -2.49. The zero-order valence-electron chi connectivity index (χ0n) is 19.7. The molecule has 4 amide bonds. The monoisotopic (exact) mass is 455 g/mol. The Morgan fingerprint density at radius 1 is 1.06 bits per heavy atom. The number of methoxy groups -OCH3 is 1. The van der Waals surface area contributed by atoms with Crippen LogP contribution in [0.4, 0.5) is 0 Å². The van der Waals surface area contributed by atoms with E-state index in [0.717, 1.165) is 5.56 Å². The van der Waals surface area contributed by atoms with Crippen molar-refractivity contribution in [2.75, 3.05) is 13.7 Å². The molecule has 0 radical (unpaired) electrons. The number of hydrogen-bond donors (Lipinski definition) is 1. The van der Waals surface area contributed by atoms with E-state index in [1.54, 1.807) is 26.2 Å². The second-order valence-electron chi connectivity index (χ2n) is 8.94. The normalized spacial score (nSPS) is 20.6. The van der Waals surface area contributed by atoms with Crippen molar-refractivity contribution in [3.63, 3.8) is 0 Å². The average molecular weight is 456 g/mol. The van der Waals surface area contributed by atoms with Crippen molar-refractivity contribution in [2.24, 2.45) is 11.8 Å². The number of rotatable bonds is 9. The summed E-state index contributed by atoms with van der Waals surface area (Å²) in [5.74, 6) is -0.872. The number of imide groups is 1. The maximum Gasteiger partial charge on any atom is 0.242 e. The van der Waals surface area contributed by atoms with E-state index in [0.29, 0.717) is 18.6 Å². The Labute approximate surface area is 194 Å². The van der Waals surface area contributed by atoms with E-state index >= 15 is 0 Å². The molecule has 3 atom stereocenters. The lowest BCUT2D eigenvalue weighted by Gasteiger charge is -2.30. The number of carbonyl (C=O) groups is 4. The highest BCUT2D eigenvalue weighted by molar-refractivity contribution is 6.05. The Balaban J connectivity index is 1.71. The maximum absolute atomic E-state index is 13.2. The molecule has 8 nitrogen and oxygen atoms in total. The van der Waals surface area contributed by atoms with Crippen LogP contribution in [0.1, 0.15) is 45.6 Å². The Morgan fingerprint density at radius 3 is 2.15 bits per heavy atom. The average Bonchev–Trinajstić information content (AvgIpc) is 3.05. The number of likely N-dealkylation sites (tertiary alicyclic amines) is 1. The van der Waals surface area contributed by atoms with Gasteiger partial charge >= 0.3 is 0 Å². The van der Waals surface area contributed by atoms with Crippen LogP contribution in [0.25, 0.3) is 0 Å². The summed E-state index contributed by atoms with van der Waals surface area (Å²) in [4.78, 5) is 54.1. The van der Waals surface area contributed by atoms with E-state index in [-0.39, 0.29) is 61.0 Å². The molecule has 1 saturated heterocycles. The van der Waals surface area contributed by atoms with Crippen LogP contribution in [0, 0.1) is 11.8 Å². The number of nitrogens with zero attached hydrogens (tertiary/aromatic N) is 2. The Kier molecular flexibility index (Phi) is 7.89. The van der Waals surface area contributed by atoms with Crippen LogP contribution in [-0.4, -0.2) is 59.2 Å². The number of ether oxygens (including phenoxy) is 1. The highest BCUT2D eigenvalue weighted by Gasteiger charge is 2.47. The Morgan fingerprint density at radius 2 is 1.64 bits per heavy atom. The van der Waals surface area contributed by atoms with Gasteiger partial charge in [0.15, 0.2) is 0 Å². The topological polar surface area (TPSA) is 96.0 Å². The molecule has 178 valence electrons. The molecule has 1 aliphatic heterocycles. The van der Waals surface area contributed by atoms with E-state index in [9.17, 15) is 19.2 Å². The number of benzene rings is 1. The number of allylic oxidation sites excluding steroid dienone is 2. The fourth-order valence-electron chi connectivity index (χ4n) is 4.36. The molecule has 1 aliphatic carbocycles. The van der Waals surface area contributed by atoms with Crippen LogP contribution in [0.5, 0.6) is 5.75 Å². The van der Waals surface area contributed by atoms with Gasteiger partial charge in [0, 0.05) is 25.6 Å². The summed E-state index contributed by atoms with van der Waals surface area (Å²) in [6, 6.07) is 6.52. The van der Waals surface area contributed by atoms with Crippen molar-refractivity contribution in [3.05, 3.63) is 42.0 Å². The van der Waals surface area contributed by atoms with Gasteiger partial charge in [-0.15, -0.1) is 0 Å². The first-order valence-corrected chi connectivity index (χ1v) is 11.5. The highest BCUT2D eigenvalue weighted by Crippen LogP contribution is 2.35. The first-order chi connectivity index (χ1) is 15.7. The van der Waals surface area contributed by atoms with Gasteiger partial charge in [-0.05, 0) is 51.3 Å². The third-order valence-electron chi connectivity index (χ3n) is 6.26. The van der Waals surface area contributed by atoms with Crippen LogP contribution >= 0.6 is 0 Å². The van der Waals surface area contributed by atoms with Crippen molar-refractivity contribution >= 4 is 23.6 Å². The molecule has 0 aromatic heterocycles. The van der Waals surface area contributed by atoms with E-state index in [1.165, 1.54) is 9.80 Å². The number of hydrogen-bond acceptors (Lipinski definition) is 5. The number of amides is 4. The molecule has 1 aromatic rings. The van der Waals surface area contributed by atoms with Crippen LogP contribution in [0.2, 0.25) is 0 Å². The molecule has 8 heteroatoms. The first kappa shape index (κ1) is 24.5. The largest absolute Gasteiger partial charge is 0.497 e. The van der Waals surface area contributed by atoms with Crippen molar-refractivity contribution in [1.82, 2.24) is 15.1 Å². The molecule has 0 saturated carbocycles. The van der Waals surface area contributed by atoms with Gasteiger partial charge in [0.1, 0.15) is 11.8 Å². The van der Waals surface area contributed by atoms with Crippen LogP contribution in [-0.2, 0) is 25.7 Å². The van der Waals surface area contributed by atoms with E-state index in [4.69, 9.17) is 4.74 Å². The molecular weight excluding hydrogens is 422 g/mol. The molecule has 1 heterocycles. The van der Waals surface area contributed by atoms with Crippen molar-refractivity contribution in [2.45, 2.75) is 58.7 Å². The minimum Gasteiger partial charge on any atom is -0.497 e. The molecule has 1 unspecified atom stereocenters. The molecule has 0 bridgehead atoms. The summed E-state index contributed by atoms with van der Waals surface area (Å²) in [5.41, 5.74) is 0.846. The Hall–Kier alpha value is -3.16. The van der Waals surface area contributed by atoms with Gasteiger partial charge < -0.3 is 15.0 Å². The minimum atomic E-state index is -0.709. The number of nitrogens with one attached hydrogen (secondary N) is 1. The predicted octanol–water partition coefficient (Wildman–Crippen LogP) is 2.28. The highest BCUT2D eigenvalue weighted by atomic mass is 16.5. The standard InChI is InChI=1S/C25H33N3O5/c1-16(2)26-23(30)17(3)28(15-18-9-11-19(33-4)12-10-18)22(29)13-14-27-24(31)20-7-5-6-8-21(20)25(27)32/h5-6,9-12,16-17,20-21H,7-8,13-15H2,1-4H3,(H,26,30)/t17?,20-,21+. The van der Waals surface area contributed by atoms with Gasteiger partial charge in [0.05, 0.1) is 18.9 Å². The lowest BCUT2D eigenvalue weighted by atomic mass is 9.85. The van der Waals surface area contributed by atoms with Gasteiger partial charge in [-0.2, -0.15) is 0 Å². The molecule has 3 rings (SSSR count). The van der Waals surface area contributed by atoms with Gasteiger partial charge in [0.2, 0.25) is 23.6 Å². The molecular formula is C25H33N3O5. The number of fused-ring (bicyclic) bond motifs is 1. The zero-order valence-corrected chi connectivity index (χ0v) is 19.7. The summed E-state index contributed by atoms with van der Waals surface area (Å²) in [5, 5.41) is 2.85. The third kappa shape index (κ3) is 5.61. The SMILES string of the molecule is COc1ccc(CN(C(=O)CCN2C(=O)[C@H]3CC=CC[C@H]3C2=O)C(C)C(=O)NC(C)C)cc1. The lowest BCUT2D eigenvalue weighted by molar-refractivity contribution is -0.143. The second-order valence-corrected chi connectivity index (χ2v) is 8.94. The number of carbonyl (C=O) groups excluding carboxylic acids is 4. The first-order valence-electron chi connectivity index (χ1n) is 11.5. The van der Waals surface area contributed by atoms with Gasteiger partial charge in [-0.25, -0.2) is 0 Å². The van der Waals surface area contributed by atoms with Gasteiger partial charge in [-0.3, -0.25) is 24.1 Å². The summed E-state index contributed by atoms with van der Waals surface area (Å²) < 4.78 is 5.19. The minimum absolute atomic E-state index is 0.0280. The van der Waals surface area contributed by atoms with Crippen LogP contribution < -0.4 is 10.1 Å². The van der Waals surface area contributed by atoms with Crippen LogP contribution in [0.3, 0.4) is 0 Å². The smallest absolute Gasteiger partial charge is 0.242 e. The summed E-state index contributed by atoms with van der Waals surface area (Å²) >= 11 is 0. The zero-order chi connectivity index (χ0) is 24.1. The third-order valence-corrected chi connectivity index (χ3v) is 6.26. The predicted molar refractivity (Wildman–Crippen MR) is 123 cm³/mol. The molecule has 2 aliphatic rings. The second kappa shape index (κ2) is 10.6. The molecule has 33 heavy (non-hydrogen) atoms. The maximum atomic E-state index is 13.2. The fourth-order valence-corrected chi connectivity index (χ4v) is 4.36. The molecule has 1 aromatic carbocycles. The molecule has 1 fully saturated rings. The van der Waals surface area contributed by atoms with Crippen molar-refractivity contribution in [3.8, 4) is 5.75 Å².